The van der Waals surface area contributed by atoms with Crippen molar-refractivity contribution < 1.29 is 27.7 Å². The van der Waals surface area contributed by atoms with E-state index in [0.29, 0.717) is 26.2 Å². The molecule has 176 valence electrons. The molecule has 1 saturated heterocycles. The fraction of sp³-hybridized carbons (Fsp3) is 0.364. The summed E-state index contributed by atoms with van der Waals surface area (Å²) in [4.78, 5) is 38.9. The maximum Gasteiger partial charge on any atom is 0.282 e. The molecule has 2 aromatic carbocycles. The van der Waals surface area contributed by atoms with E-state index in [1.807, 2.05) is 0 Å². The number of nitrogens with one attached hydrogen (secondary N) is 1. The highest BCUT2D eigenvalue weighted by atomic mass is 32.2. The molecule has 1 N–H and O–H groups in total. The number of ether oxygens (including phenoxy) is 1. The number of ketones is 1. The summed E-state index contributed by atoms with van der Waals surface area (Å²) in [5.41, 5.74) is -0.613. The quantitative estimate of drug-likeness (QED) is 0.173. The van der Waals surface area contributed by atoms with Crippen LogP contribution < -0.4 is 5.32 Å². The Hall–Kier alpha value is -3.15. The molecule has 33 heavy (non-hydrogen) atoms. The molecule has 1 aliphatic heterocycles. The first kappa shape index (κ1) is 24.5. The molecule has 0 saturated carbocycles. The highest BCUT2D eigenvalue weighted by Gasteiger charge is 2.26. The monoisotopic (exact) mass is 475 g/mol. The van der Waals surface area contributed by atoms with Gasteiger partial charge in [-0.05, 0) is 24.6 Å². The molecule has 0 spiro atoms. The lowest BCUT2D eigenvalue weighted by Crippen LogP contribution is -2.38. The van der Waals surface area contributed by atoms with Crippen molar-refractivity contribution in [1.29, 1.82) is 0 Å². The Balaban J connectivity index is 1.84. The largest absolute Gasteiger partial charge is 0.379 e. The molecule has 3 rings (SSSR count). The summed E-state index contributed by atoms with van der Waals surface area (Å²) in [5.74, 6) is -1.76. The molecule has 1 fully saturated rings. The van der Waals surface area contributed by atoms with Crippen LogP contribution in [0.15, 0.2) is 42.5 Å². The zero-order valence-electron chi connectivity index (χ0n) is 17.9. The molecule has 0 radical (unpaired) electrons. The van der Waals surface area contributed by atoms with Gasteiger partial charge >= 0.3 is 0 Å². The second-order valence-corrected chi connectivity index (χ2v) is 8.51. The van der Waals surface area contributed by atoms with E-state index in [4.69, 9.17) is 4.74 Å². The molecule has 1 amide bonds. The van der Waals surface area contributed by atoms with Crippen LogP contribution in [0.4, 0.5) is 5.69 Å². The van der Waals surface area contributed by atoms with Crippen molar-refractivity contribution in [2.75, 3.05) is 39.4 Å². The number of carbonyl (C=O) groups is 2. The number of carbonyl (C=O) groups excluding carboxylic acids is 2. The predicted molar refractivity (Wildman–Crippen MR) is 121 cm³/mol. The van der Waals surface area contributed by atoms with Crippen LogP contribution in [0.3, 0.4) is 0 Å². The van der Waals surface area contributed by atoms with E-state index in [2.05, 4.69) is 10.2 Å². The number of hydrogen-bond donors (Lipinski definition) is 2. The second kappa shape index (κ2) is 11.6. The van der Waals surface area contributed by atoms with Gasteiger partial charge in [0, 0.05) is 36.8 Å². The van der Waals surface area contributed by atoms with Crippen LogP contribution in [-0.4, -0.2) is 69.3 Å². The van der Waals surface area contributed by atoms with E-state index in [1.165, 1.54) is 0 Å². The molecule has 11 heteroatoms. The van der Waals surface area contributed by atoms with Crippen molar-refractivity contribution >= 4 is 28.1 Å². The topological polar surface area (TPSA) is 136 Å². The van der Waals surface area contributed by atoms with E-state index in [9.17, 15) is 28.1 Å². The molecule has 0 aromatic heterocycles. The Morgan fingerprint density at radius 1 is 1.09 bits per heavy atom. The van der Waals surface area contributed by atoms with Gasteiger partial charge in [-0.2, -0.15) is 0 Å². The van der Waals surface area contributed by atoms with Gasteiger partial charge < -0.3 is 10.1 Å². The minimum atomic E-state index is -2.95. The molecule has 0 aliphatic carbocycles. The highest BCUT2D eigenvalue weighted by Crippen LogP contribution is 2.26. The van der Waals surface area contributed by atoms with E-state index in [1.54, 1.807) is 30.3 Å². The van der Waals surface area contributed by atoms with Crippen LogP contribution >= 0.6 is 0 Å². The van der Waals surface area contributed by atoms with Gasteiger partial charge in [0.25, 0.3) is 11.6 Å². The van der Waals surface area contributed by atoms with Gasteiger partial charge in [0.05, 0.1) is 23.9 Å². The molecule has 1 heterocycles. The van der Waals surface area contributed by atoms with Crippen LogP contribution in [0, 0.1) is 10.1 Å². The van der Waals surface area contributed by atoms with Gasteiger partial charge in [-0.25, -0.2) is 8.42 Å². The third-order valence-corrected chi connectivity index (χ3v) is 5.88. The van der Waals surface area contributed by atoms with Crippen LogP contribution in [0.5, 0.6) is 0 Å². The molecule has 0 bridgehead atoms. The lowest BCUT2D eigenvalue weighted by Gasteiger charge is -2.26. The smallest absolute Gasteiger partial charge is 0.282 e. The Kier molecular flexibility index (Phi) is 8.64. The fourth-order valence-electron chi connectivity index (χ4n) is 3.62. The summed E-state index contributed by atoms with van der Waals surface area (Å²) in [6, 6.07) is 10.2. The van der Waals surface area contributed by atoms with E-state index in [0.717, 1.165) is 31.8 Å². The van der Waals surface area contributed by atoms with Gasteiger partial charge in [-0.1, -0.05) is 30.3 Å². The summed E-state index contributed by atoms with van der Waals surface area (Å²) >= 11 is 0. The predicted octanol–water partition coefficient (Wildman–Crippen LogP) is 1.39. The minimum Gasteiger partial charge on any atom is -0.379 e. The summed E-state index contributed by atoms with van der Waals surface area (Å²) in [7, 11) is -2.95. The summed E-state index contributed by atoms with van der Waals surface area (Å²) in [6.07, 6.45) is 0.643. The number of amides is 1. The van der Waals surface area contributed by atoms with Crippen LogP contribution in [0.25, 0.3) is 0 Å². The zero-order valence-corrected chi connectivity index (χ0v) is 18.8. The average molecular weight is 476 g/mol. The second-order valence-electron chi connectivity index (χ2n) is 7.53. The van der Waals surface area contributed by atoms with E-state index >= 15 is 0 Å². The molecule has 1 aliphatic rings. The number of morpholine rings is 1. The number of hydrogen-bond acceptors (Lipinski definition) is 8. The SMILES string of the molecule is O=C(c1ccccc1)c1cc(C(=O)NCCCN2CCOCC2)c([N+](=O)[O-])cc1C[SH](=O)=O. The van der Waals surface area contributed by atoms with Crippen molar-refractivity contribution in [2.24, 2.45) is 0 Å². The Morgan fingerprint density at radius 3 is 2.42 bits per heavy atom. The summed E-state index contributed by atoms with van der Waals surface area (Å²) in [5, 5.41) is 14.3. The van der Waals surface area contributed by atoms with E-state index < -0.39 is 38.8 Å². The summed E-state index contributed by atoms with van der Waals surface area (Å²) < 4.78 is 28.0. The van der Waals surface area contributed by atoms with Crippen LogP contribution in [0.1, 0.15) is 38.3 Å². The number of thiol groups is 1. The zero-order chi connectivity index (χ0) is 23.8. The maximum absolute atomic E-state index is 13.0. The first-order valence-electron chi connectivity index (χ1n) is 10.5. The van der Waals surface area contributed by atoms with Crippen molar-refractivity contribution in [3.63, 3.8) is 0 Å². The average Bonchev–Trinajstić information content (AvgIpc) is 2.81. The van der Waals surface area contributed by atoms with Crippen molar-refractivity contribution in [3.05, 3.63) is 74.8 Å². The number of nitro groups is 1. The first-order valence-corrected chi connectivity index (χ1v) is 11.8. The van der Waals surface area contributed by atoms with Gasteiger partial charge in [-0.15, -0.1) is 0 Å². The lowest BCUT2D eigenvalue weighted by molar-refractivity contribution is -0.385. The number of rotatable bonds is 10. The molecular formula is C22H25N3O7S. The Bertz CT molecular complexity index is 1090. The fourth-order valence-corrected chi connectivity index (χ4v) is 4.16. The van der Waals surface area contributed by atoms with Gasteiger partial charge in [0.1, 0.15) is 16.3 Å². The Morgan fingerprint density at radius 2 is 1.79 bits per heavy atom. The van der Waals surface area contributed by atoms with E-state index in [-0.39, 0.29) is 22.3 Å². The minimum absolute atomic E-state index is 0.0180. The molecule has 0 atom stereocenters. The lowest BCUT2D eigenvalue weighted by atomic mass is 9.95. The standard InChI is InChI=1S/C22H25N3O7S/c26-21(16-5-2-1-3-6-16)18-14-19(20(25(28)29)13-17(18)15-33(30)31)22(27)23-7-4-8-24-9-11-32-12-10-24/h1-3,5-6,13-14,33H,4,7-12,15H2,(H,23,27). The third-order valence-electron chi connectivity index (χ3n) is 5.28. The molecule has 0 unspecified atom stereocenters. The van der Waals surface area contributed by atoms with Gasteiger partial charge in [0.2, 0.25) is 0 Å². The normalized spacial score (nSPS) is 14.2. The highest BCUT2D eigenvalue weighted by molar-refractivity contribution is 7.71. The van der Waals surface area contributed by atoms with Crippen molar-refractivity contribution in [2.45, 2.75) is 12.2 Å². The molecule has 10 nitrogen and oxygen atoms in total. The molecular weight excluding hydrogens is 450 g/mol. The van der Waals surface area contributed by atoms with Crippen LogP contribution in [0.2, 0.25) is 0 Å². The van der Waals surface area contributed by atoms with Gasteiger partial charge in [-0.3, -0.25) is 24.6 Å². The number of nitro benzene ring substituents is 1. The Labute approximate surface area is 192 Å². The number of nitrogens with zero attached hydrogens (tertiary/aromatic N) is 2. The first-order chi connectivity index (χ1) is 15.9. The van der Waals surface area contributed by atoms with Gasteiger partial charge in [0.15, 0.2) is 5.78 Å². The number of benzene rings is 2. The maximum atomic E-state index is 13.0. The third kappa shape index (κ3) is 6.67. The van der Waals surface area contributed by atoms with Crippen molar-refractivity contribution in [1.82, 2.24) is 10.2 Å². The molecule has 2 aromatic rings. The van der Waals surface area contributed by atoms with Crippen LogP contribution in [-0.2, 0) is 21.2 Å². The van der Waals surface area contributed by atoms with Crippen molar-refractivity contribution in [3.8, 4) is 0 Å². The summed E-state index contributed by atoms with van der Waals surface area (Å²) in [6.45, 7) is 4.00.